The van der Waals surface area contributed by atoms with Crippen LogP contribution in [0.25, 0.3) is 28.8 Å². The number of hydrogen-bond acceptors (Lipinski definition) is 5. The minimum atomic E-state index is -0.798. The number of rotatable bonds is 4. The molecule has 3 aromatic heterocycles. The normalized spacial score (nSPS) is 11.7. The molecule has 0 aliphatic rings. The highest BCUT2D eigenvalue weighted by Gasteiger charge is 2.22. The first kappa shape index (κ1) is 15.8. The Morgan fingerprint density at radius 2 is 2.12 bits per heavy atom. The van der Waals surface area contributed by atoms with E-state index in [4.69, 9.17) is 0 Å². The number of para-hydroxylation sites is 1. The van der Waals surface area contributed by atoms with E-state index >= 15 is 0 Å². The molecule has 0 unspecified atom stereocenters. The van der Waals surface area contributed by atoms with Gasteiger partial charge in [0.05, 0.1) is 4.92 Å². The number of benzene rings is 1. The Hall–Kier alpha value is -3.75. The SMILES string of the molecule is CCn1cc(/C=C/c2nc3nc[nH]n3c(=O)c2[N+](=O)[O-])c2ccccc21. The number of aryl methyl sites for hydroxylation is 1. The number of nitro groups is 1. The summed E-state index contributed by atoms with van der Waals surface area (Å²) in [6.07, 6.45) is 6.44. The molecule has 0 atom stereocenters. The summed E-state index contributed by atoms with van der Waals surface area (Å²) in [4.78, 5) is 31.0. The van der Waals surface area contributed by atoms with Gasteiger partial charge >= 0.3 is 11.2 Å². The highest BCUT2D eigenvalue weighted by molar-refractivity contribution is 5.92. The minimum Gasteiger partial charge on any atom is -0.347 e. The van der Waals surface area contributed by atoms with E-state index in [9.17, 15) is 14.9 Å². The van der Waals surface area contributed by atoms with Crippen LogP contribution in [0, 0.1) is 10.1 Å². The third-order valence-electron chi connectivity index (χ3n) is 4.20. The Balaban J connectivity index is 1.89. The molecule has 0 saturated carbocycles. The number of fused-ring (bicyclic) bond motifs is 2. The summed E-state index contributed by atoms with van der Waals surface area (Å²) < 4.78 is 3.03. The van der Waals surface area contributed by atoms with E-state index in [1.807, 2.05) is 37.4 Å². The molecule has 0 spiro atoms. The van der Waals surface area contributed by atoms with Crippen molar-refractivity contribution >= 4 is 34.5 Å². The molecule has 130 valence electrons. The fourth-order valence-corrected chi connectivity index (χ4v) is 2.99. The second-order valence-corrected chi connectivity index (χ2v) is 5.65. The van der Waals surface area contributed by atoms with Gasteiger partial charge in [0.1, 0.15) is 6.33 Å². The summed E-state index contributed by atoms with van der Waals surface area (Å²) in [7, 11) is 0. The Morgan fingerprint density at radius 3 is 2.88 bits per heavy atom. The van der Waals surface area contributed by atoms with Gasteiger partial charge in [-0.15, -0.1) is 0 Å². The van der Waals surface area contributed by atoms with Gasteiger partial charge in [-0.25, -0.2) is 9.97 Å². The Bertz CT molecular complexity index is 1230. The van der Waals surface area contributed by atoms with Crippen molar-refractivity contribution in [1.29, 1.82) is 0 Å². The number of H-pyrrole nitrogens is 1. The first-order chi connectivity index (χ1) is 12.6. The number of nitrogens with one attached hydrogen (secondary N) is 1. The van der Waals surface area contributed by atoms with Crippen LogP contribution in [0.15, 0.2) is 41.6 Å². The number of aromatic amines is 1. The lowest BCUT2D eigenvalue weighted by Gasteiger charge is -1.98. The predicted molar refractivity (Wildman–Crippen MR) is 96.8 cm³/mol. The second kappa shape index (κ2) is 5.96. The highest BCUT2D eigenvalue weighted by Crippen LogP contribution is 2.24. The molecule has 0 saturated heterocycles. The molecule has 4 aromatic rings. The predicted octanol–water partition coefficient (Wildman–Crippen LogP) is 2.47. The van der Waals surface area contributed by atoms with Crippen molar-refractivity contribution in [3.63, 3.8) is 0 Å². The highest BCUT2D eigenvalue weighted by atomic mass is 16.6. The van der Waals surface area contributed by atoms with Crippen molar-refractivity contribution in [2.24, 2.45) is 0 Å². The zero-order valence-electron chi connectivity index (χ0n) is 13.8. The van der Waals surface area contributed by atoms with Crippen LogP contribution in [-0.2, 0) is 6.54 Å². The van der Waals surface area contributed by atoms with Crippen LogP contribution in [0.2, 0.25) is 0 Å². The molecule has 9 heteroatoms. The van der Waals surface area contributed by atoms with Crippen molar-refractivity contribution in [1.82, 2.24) is 24.1 Å². The van der Waals surface area contributed by atoms with Crippen LogP contribution in [0.4, 0.5) is 5.69 Å². The maximum atomic E-state index is 12.3. The summed E-state index contributed by atoms with van der Waals surface area (Å²) in [5.74, 6) is 0.0798. The second-order valence-electron chi connectivity index (χ2n) is 5.65. The van der Waals surface area contributed by atoms with Crippen molar-refractivity contribution in [3.05, 3.63) is 68.5 Å². The van der Waals surface area contributed by atoms with E-state index in [1.54, 1.807) is 6.08 Å². The zero-order valence-corrected chi connectivity index (χ0v) is 13.8. The van der Waals surface area contributed by atoms with Gasteiger partial charge in [-0.05, 0) is 19.1 Å². The van der Waals surface area contributed by atoms with Gasteiger partial charge in [-0.3, -0.25) is 20.0 Å². The molecule has 0 aliphatic carbocycles. The number of aromatic nitrogens is 5. The van der Waals surface area contributed by atoms with E-state index in [0.29, 0.717) is 0 Å². The molecule has 26 heavy (non-hydrogen) atoms. The third kappa shape index (κ3) is 2.37. The van der Waals surface area contributed by atoms with Crippen molar-refractivity contribution in [3.8, 4) is 0 Å². The molecule has 1 aromatic carbocycles. The van der Waals surface area contributed by atoms with E-state index in [1.165, 1.54) is 12.4 Å². The van der Waals surface area contributed by atoms with Crippen molar-refractivity contribution in [2.45, 2.75) is 13.5 Å². The first-order valence-corrected chi connectivity index (χ1v) is 7.96. The van der Waals surface area contributed by atoms with Gasteiger partial charge in [0.15, 0.2) is 5.69 Å². The van der Waals surface area contributed by atoms with Gasteiger partial charge < -0.3 is 4.57 Å². The van der Waals surface area contributed by atoms with Crippen LogP contribution in [-0.4, -0.2) is 29.1 Å². The quantitative estimate of drug-likeness (QED) is 0.449. The average molecular weight is 350 g/mol. The Morgan fingerprint density at radius 1 is 1.31 bits per heavy atom. The topological polar surface area (TPSA) is 111 Å². The Labute approximate surface area is 146 Å². The van der Waals surface area contributed by atoms with Gasteiger partial charge in [0, 0.05) is 29.2 Å². The molecule has 3 heterocycles. The lowest BCUT2D eigenvalue weighted by Crippen LogP contribution is -2.20. The summed E-state index contributed by atoms with van der Waals surface area (Å²) in [6, 6.07) is 7.89. The lowest BCUT2D eigenvalue weighted by atomic mass is 10.1. The smallest absolute Gasteiger partial charge is 0.347 e. The zero-order chi connectivity index (χ0) is 18.3. The third-order valence-corrected chi connectivity index (χ3v) is 4.20. The first-order valence-electron chi connectivity index (χ1n) is 7.96. The van der Waals surface area contributed by atoms with Gasteiger partial charge in [-0.1, -0.05) is 24.3 Å². The summed E-state index contributed by atoms with van der Waals surface area (Å²) in [6.45, 7) is 2.84. The molecule has 0 bridgehead atoms. The van der Waals surface area contributed by atoms with E-state index in [0.717, 1.165) is 27.5 Å². The van der Waals surface area contributed by atoms with Gasteiger partial charge in [0.25, 0.3) is 5.78 Å². The minimum absolute atomic E-state index is 0.0274. The summed E-state index contributed by atoms with van der Waals surface area (Å²) in [5, 5.41) is 14.9. The lowest BCUT2D eigenvalue weighted by molar-refractivity contribution is -0.386. The fraction of sp³-hybridized carbons (Fsp3) is 0.118. The molecular formula is C17H14N6O3. The number of hydrogen-bond donors (Lipinski definition) is 1. The van der Waals surface area contributed by atoms with E-state index in [-0.39, 0.29) is 11.5 Å². The van der Waals surface area contributed by atoms with Crippen LogP contribution >= 0.6 is 0 Å². The average Bonchev–Trinajstić information content (AvgIpc) is 3.24. The van der Waals surface area contributed by atoms with Crippen LogP contribution < -0.4 is 5.56 Å². The largest absolute Gasteiger partial charge is 0.361 e. The van der Waals surface area contributed by atoms with Gasteiger partial charge in [-0.2, -0.15) is 4.52 Å². The fourth-order valence-electron chi connectivity index (χ4n) is 2.99. The summed E-state index contributed by atoms with van der Waals surface area (Å²) >= 11 is 0. The maximum Gasteiger partial charge on any atom is 0.361 e. The van der Waals surface area contributed by atoms with E-state index in [2.05, 4.69) is 19.6 Å². The standard InChI is InChI=1S/C17H14N6O3/c1-2-21-9-11(12-5-3-4-6-14(12)21)7-8-13-15(23(25)26)16(24)22-17(20-13)18-10-19-22/h3-10H,2H2,1H3,(H,18,19,20)/b8-7+. The molecule has 0 fully saturated rings. The van der Waals surface area contributed by atoms with Crippen LogP contribution in [0.3, 0.4) is 0 Å². The van der Waals surface area contributed by atoms with E-state index < -0.39 is 16.2 Å². The van der Waals surface area contributed by atoms with Crippen LogP contribution in [0.1, 0.15) is 18.2 Å². The molecule has 0 radical (unpaired) electrons. The molecule has 1 N–H and O–H groups in total. The molecule has 0 aliphatic heterocycles. The number of nitrogens with zero attached hydrogens (tertiary/aromatic N) is 5. The van der Waals surface area contributed by atoms with Crippen molar-refractivity contribution in [2.75, 3.05) is 0 Å². The van der Waals surface area contributed by atoms with Crippen molar-refractivity contribution < 1.29 is 4.92 Å². The molecule has 9 nitrogen and oxygen atoms in total. The molecule has 0 amide bonds. The monoisotopic (exact) mass is 350 g/mol. The van der Waals surface area contributed by atoms with Crippen LogP contribution in [0.5, 0.6) is 0 Å². The Kier molecular flexibility index (Phi) is 3.61. The molecule has 4 rings (SSSR count). The van der Waals surface area contributed by atoms with Gasteiger partial charge in [0.2, 0.25) is 0 Å². The molecular weight excluding hydrogens is 336 g/mol. The summed E-state index contributed by atoms with van der Waals surface area (Å²) in [5.41, 5.74) is 0.538. The maximum absolute atomic E-state index is 12.3.